The van der Waals surface area contributed by atoms with E-state index in [4.69, 9.17) is 0 Å². The van der Waals surface area contributed by atoms with Gasteiger partial charge in [0, 0.05) is 7.05 Å². The molecule has 3 aromatic rings. The van der Waals surface area contributed by atoms with Crippen molar-refractivity contribution < 1.29 is 4.57 Å². The average Bonchev–Trinajstić information content (AvgIpc) is 2.80. The van der Waals surface area contributed by atoms with E-state index in [2.05, 4.69) is 0 Å². The molecule has 1 aromatic carbocycles. The largest absolute Gasteiger partial charge is 0.388 e. The summed E-state index contributed by atoms with van der Waals surface area (Å²) in [5.41, 5.74) is 1.67. The molecule has 0 N–H and O–H groups in total. The second kappa shape index (κ2) is 4.73. The van der Waals surface area contributed by atoms with Gasteiger partial charge in [-0.05, 0) is 5.56 Å². The summed E-state index contributed by atoms with van der Waals surface area (Å²) in [6.45, 7) is 0.589. The van der Waals surface area contributed by atoms with E-state index in [1.807, 2.05) is 48.3 Å². The molecule has 0 atom stereocenters. The first-order valence-electron chi connectivity index (χ1n) is 6.69. The van der Waals surface area contributed by atoms with Gasteiger partial charge in [-0.1, -0.05) is 30.3 Å². The van der Waals surface area contributed by atoms with Crippen LogP contribution in [-0.4, -0.2) is 13.7 Å². The Kier molecular flexibility index (Phi) is 3.01. The van der Waals surface area contributed by atoms with Crippen LogP contribution in [0.2, 0.25) is 0 Å². The van der Waals surface area contributed by atoms with Gasteiger partial charge in [0.15, 0.2) is 6.33 Å². The van der Waals surface area contributed by atoms with Gasteiger partial charge in [-0.2, -0.15) is 0 Å². The van der Waals surface area contributed by atoms with Crippen LogP contribution in [0.5, 0.6) is 0 Å². The fourth-order valence-corrected chi connectivity index (χ4v) is 2.69. The van der Waals surface area contributed by atoms with Gasteiger partial charge in [0.05, 0.1) is 20.6 Å². The minimum Gasteiger partial charge on any atom is -0.265 e. The van der Waals surface area contributed by atoms with E-state index in [-0.39, 0.29) is 11.2 Å². The molecule has 0 aliphatic heterocycles. The summed E-state index contributed by atoms with van der Waals surface area (Å²) in [6.07, 6.45) is 1.85. The second-order valence-electron chi connectivity index (χ2n) is 5.22. The van der Waals surface area contributed by atoms with Crippen molar-refractivity contribution in [3.8, 4) is 0 Å². The van der Waals surface area contributed by atoms with E-state index in [9.17, 15) is 9.59 Å². The molecule has 3 rings (SSSR count). The summed E-state index contributed by atoms with van der Waals surface area (Å²) in [5, 5.41) is 0. The maximum absolute atomic E-state index is 12.4. The summed E-state index contributed by atoms with van der Waals surface area (Å²) in [6, 6.07) is 9.92. The van der Waals surface area contributed by atoms with Crippen LogP contribution in [0.25, 0.3) is 11.2 Å². The predicted molar refractivity (Wildman–Crippen MR) is 79.1 cm³/mol. The Balaban J connectivity index is 2.31. The van der Waals surface area contributed by atoms with Crippen molar-refractivity contribution in [2.75, 3.05) is 0 Å². The van der Waals surface area contributed by atoms with Crippen LogP contribution in [-0.2, 0) is 27.7 Å². The molecule has 0 saturated carbocycles. The van der Waals surface area contributed by atoms with Gasteiger partial charge >= 0.3 is 11.2 Å². The Morgan fingerprint density at radius 3 is 2.38 bits per heavy atom. The van der Waals surface area contributed by atoms with Crippen LogP contribution in [0.1, 0.15) is 5.56 Å². The standard InChI is InChI=1S/C15H17N4O2/c1-16-10-19(9-11-7-5-4-6-8-11)12-13(16)17(2)15(21)18(3)14(12)20/h4-8,10H,9H2,1-3H3/q+1. The highest BCUT2D eigenvalue weighted by atomic mass is 16.2. The smallest absolute Gasteiger partial charge is 0.265 e. The lowest BCUT2D eigenvalue weighted by molar-refractivity contribution is -0.648. The van der Waals surface area contributed by atoms with Gasteiger partial charge in [0.2, 0.25) is 5.52 Å². The summed E-state index contributed by atoms with van der Waals surface area (Å²) < 4.78 is 6.33. The van der Waals surface area contributed by atoms with Crippen molar-refractivity contribution in [3.63, 3.8) is 0 Å². The Morgan fingerprint density at radius 2 is 1.71 bits per heavy atom. The van der Waals surface area contributed by atoms with Crippen LogP contribution in [0, 0.1) is 0 Å². The van der Waals surface area contributed by atoms with Crippen molar-refractivity contribution in [2.45, 2.75) is 6.54 Å². The number of benzene rings is 1. The van der Waals surface area contributed by atoms with Crippen LogP contribution in [0.4, 0.5) is 0 Å². The van der Waals surface area contributed by atoms with Crippen LogP contribution in [0.3, 0.4) is 0 Å². The number of hydrogen-bond acceptors (Lipinski definition) is 2. The number of aryl methyl sites for hydroxylation is 2. The Morgan fingerprint density at radius 1 is 1.05 bits per heavy atom. The summed E-state index contributed by atoms with van der Waals surface area (Å²) in [4.78, 5) is 24.5. The van der Waals surface area contributed by atoms with Crippen LogP contribution >= 0.6 is 0 Å². The third-order valence-corrected chi connectivity index (χ3v) is 3.74. The van der Waals surface area contributed by atoms with Crippen LogP contribution in [0.15, 0.2) is 46.2 Å². The molecule has 6 nitrogen and oxygen atoms in total. The molecular weight excluding hydrogens is 268 g/mol. The molecule has 0 aliphatic carbocycles. The SMILES string of the molecule is Cn1c(=O)c2c(n(C)c1=O)[n+](C)cn2Cc1ccccc1. The fourth-order valence-electron chi connectivity index (χ4n) is 2.69. The minimum absolute atomic E-state index is 0.273. The van der Waals surface area contributed by atoms with E-state index in [1.165, 1.54) is 11.6 Å². The number of aromatic nitrogens is 4. The molecule has 0 unspecified atom stereocenters. The molecule has 0 radical (unpaired) electrons. The molecular formula is C15H17N4O2+. The maximum Gasteiger partial charge on any atom is 0.388 e. The van der Waals surface area contributed by atoms with Crippen molar-refractivity contribution in [2.24, 2.45) is 21.1 Å². The van der Waals surface area contributed by atoms with Gasteiger partial charge in [-0.15, -0.1) is 0 Å². The topological polar surface area (TPSA) is 52.8 Å². The predicted octanol–water partition coefficient (Wildman–Crippen LogP) is -0.0885. The van der Waals surface area contributed by atoms with E-state index in [1.54, 1.807) is 11.6 Å². The van der Waals surface area contributed by atoms with Crippen molar-refractivity contribution in [1.82, 2.24) is 13.7 Å². The monoisotopic (exact) mass is 285 g/mol. The van der Waals surface area contributed by atoms with E-state index in [0.29, 0.717) is 17.7 Å². The van der Waals surface area contributed by atoms with Crippen molar-refractivity contribution in [3.05, 3.63) is 63.1 Å². The molecule has 2 aromatic heterocycles. The molecule has 0 spiro atoms. The summed E-state index contributed by atoms with van der Waals surface area (Å²) in [5.74, 6) is 0. The first kappa shape index (κ1) is 13.4. The Bertz CT molecular complexity index is 932. The van der Waals surface area contributed by atoms with Gasteiger partial charge in [-0.3, -0.25) is 9.36 Å². The van der Waals surface area contributed by atoms with Gasteiger partial charge in [0.25, 0.3) is 5.65 Å². The van der Waals surface area contributed by atoms with Crippen LogP contribution < -0.4 is 15.8 Å². The molecule has 0 amide bonds. The van der Waals surface area contributed by atoms with E-state index < -0.39 is 0 Å². The highest BCUT2D eigenvalue weighted by molar-refractivity contribution is 5.66. The first-order valence-corrected chi connectivity index (χ1v) is 6.69. The third-order valence-electron chi connectivity index (χ3n) is 3.74. The normalized spacial score (nSPS) is 11.2. The lowest BCUT2D eigenvalue weighted by Crippen LogP contribution is -2.41. The van der Waals surface area contributed by atoms with E-state index in [0.717, 1.165) is 10.1 Å². The second-order valence-corrected chi connectivity index (χ2v) is 5.22. The quantitative estimate of drug-likeness (QED) is 0.618. The zero-order valence-electron chi connectivity index (χ0n) is 12.3. The van der Waals surface area contributed by atoms with Gasteiger partial charge in [-0.25, -0.2) is 18.5 Å². The Labute approximate surface area is 121 Å². The highest BCUT2D eigenvalue weighted by Gasteiger charge is 2.22. The fraction of sp³-hybridized carbons (Fsp3) is 0.267. The molecule has 108 valence electrons. The van der Waals surface area contributed by atoms with E-state index >= 15 is 0 Å². The highest BCUT2D eigenvalue weighted by Crippen LogP contribution is 2.07. The third kappa shape index (κ3) is 1.99. The minimum atomic E-state index is -0.319. The lowest BCUT2D eigenvalue weighted by atomic mass is 10.2. The van der Waals surface area contributed by atoms with Gasteiger partial charge < -0.3 is 0 Å². The lowest BCUT2D eigenvalue weighted by Gasteiger charge is -2.02. The average molecular weight is 285 g/mol. The molecule has 2 heterocycles. The van der Waals surface area contributed by atoms with Crippen molar-refractivity contribution >= 4 is 11.2 Å². The molecule has 0 bridgehead atoms. The number of hydrogen-bond donors (Lipinski definition) is 0. The molecule has 0 saturated heterocycles. The molecule has 0 fully saturated rings. The number of rotatable bonds is 2. The number of fused-ring (bicyclic) bond motifs is 1. The number of imidazole rings is 1. The molecule has 21 heavy (non-hydrogen) atoms. The van der Waals surface area contributed by atoms with Crippen molar-refractivity contribution in [1.29, 1.82) is 0 Å². The summed E-state index contributed by atoms with van der Waals surface area (Å²) in [7, 11) is 5.02. The summed E-state index contributed by atoms with van der Waals surface area (Å²) >= 11 is 0. The molecule has 6 heteroatoms. The number of nitrogens with zero attached hydrogens (tertiary/aromatic N) is 4. The first-order chi connectivity index (χ1) is 10.0. The zero-order valence-corrected chi connectivity index (χ0v) is 12.3. The zero-order chi connectivity index (χ0) is 15.1. The van der Waals surface area contributed by atoms with Gasteiger partial charge in [0.1, 0.15) is 0 Å². The maximum atomic E-state index is 12.4. The molecule has 0 aliphatic rings. The Hall–Kier alpha value is -2.63.